The van der Waals surface area contributed by atoms with Crippen LogP contribution in [-0.4, -0.2) is 24.3 Å². The lowest BCUT2D eigenvalue weighted by atomic mass is 9.75. The monoisotopic (exact) mass is 339 g/mol. The minimum Gasteiger partial charge on any atom is -0.396 e. The fourth-order valence-corrected chi connectivity index (χ4v) is 3.51. The van der Waals surface area contributed by atoms with Gasteiger partial charge >= 0.3 is 0 Å². The maximum atomic E-state index is 9.08. The molecule has 2 N–H and O–H groups in total. The lowest BCUT2D eigenvalue weighted by Gasteiger charge is -2.37. The third-order valence-electron chi connectivity index (χ3n) is 4.39. The molecule has 1 aliphatic carbocycles. The zero-order valence-corrected chi connectivity index (χ0v) is 13.9. The molecule has 3 heteroatoms. The summed E-state index contributed by atoms with van der Waals surface area (Å²) in [5.74, 6) is 1.35. The predicted octanol–water partition coefficient (Wildman–Crippen LogP) is 4.08. The van der Waals surface area contributed by atoms with Crippen molar-refractivity contribution in [2.75, 3.05) is 13.2 Å². The van der Waals surface area contributed by atoms with Gasteiger partial charge in [0.25, 0.3) is 0 Å². The molecule has 0 radical (unpaired) electrons. The van der Waals surface area contributed by atoms with Crippen molar-refractivity contribution in [3.63, 3.8) is 0 Å². The normalized spacial score (nSPS) is 23.4. The molecule has 20 heavy (non-hydrogen) atoms. The van der Waals surface area contributed by atoms with E-state index in [1.807, 2.05) is 0 Å². The Hall–Kier alpha value is -0.380. The molecule has 0 amide bonds. The number of hydrogen-bond donors (Lipinski definition) is 2. The molecule has 2 rings (SSSR count). The van der Waals surface area contributed by atoms with Gasteiger partial charge in [-0.25, -0.2) is 0 Å². The molecule has 0 heterocycles. The van der Waals surface area contributed by atoms with Crippen LogP contribution < -0.4 is 5.32 Å². The Labute approximate surface area is 131 Å². The predicted molar refractivity (Wildman–Crippen MR) is 88.0 cm³/mol. The van der Waals surface area contributed by atoms with Gasteiger partial charge in [-0.1, -0.05) is 41.4 Å². The molecule has 0 spiro atoms. The van der Waals surface area contributed by atoms with Crippen LogP contribution in [0.15, 0.2) is 28.7 Å². The topological polar surface area (TPSA) is 32.3 Å². The Kier molecular flexibility index (Phi) is 6.53. The molecule has 1 aromatic rings. The largest absolute Gasteiger partial charge is 0.396 e. The highest BCUT2D eigenvalue weighted by atomic mass is 79.9. The molecule has 0 aromatic heterocycles. The molecule has 1 aliphatic rings. The first-order valence-corrected chi connectivity index (χ1v) is 8.62. The molecular formula is C17H26BrNO. The number of aliphatic hydroxyl groups excluding tert-OH is 1. The number of hydrogen-bond acceptors (Lipinski definition) is 2. The van der Waals surface area contributed by atoms with Gasteiger partial charge in [0.1, 0.15) is 0 Å². The Balaban J connectivity index is 1.71. The Morgan fingerprint density at radius 2 is 2.15 bits per heavy atom. The average molecular weight is 340 g/mol. The van der Waals surface area contributed by atoms with Crippen LogP contribution in [0.4, 0.5) is 0 Å². The maximum absolute atomic E-state index is 9.08. The number of aliphatic hydroxyl groups is 1. The van der Waals surface area contributed by atoms with E-state index in [1.54, 1.807) is 0 Å². The van der Waals surface area contributed by atoms with Crippen LogP contribution >= 0.6 is 15.9 Å². The molecule has 0 aliphatic heterocycles. The van der Waals surface area contributed by atoms with E-state index in [1.165, 1.54) is 35.7 Å². The van der Waals surface area contributed by atoms with E-state index in [4.69, 9.17) is 5.11 Å². The van der Waals surface area contributed by atoms with Crippen molar-refractivity contribution in [2.45, 2.75) is 51.0 Å². The number of rotatable bonds is 8. The summed E-state index contributed by atoms with van der Waals surface area (Å²) in [5.41, 5.74) is 1.46. The highest BCUT2D eigenvalue weighted by Crippen LogP contribution is 2.37. The van der Waals surface area contributed by atoms with Crippen LogP contribution in [0.25, 0.3) is 0 Å². The van der Waals surface area contributed by atoms with E-state index in [0.717, 1.165) is 13.0 Å². The molecule has 1 saturated carbocycles. The molecule has 1 aromatic carbocycles. The first kappa shape index (κ1) is 16.0. The van der Waals surface area contributed by atoms with Crippen molar-refractivity contribution >= 4 is 15.9 Å². The van der Waals surface area contributed by atoms with Gasteiger partial charge in [-0.05, 0) is 61.8 Å². The number of benzene rings is 1. The Bertz CT molecular complexity index is 398. The summed E-state index contributed by atoms with van der Waals surface area (Å²) in [4.78, 5) is 0. The summed E-state index contributed by atoms with van der Waals surface area (Å²) in [6.45, 7) is 3.60. The minimum atomic E-state index is 0.317. The van der Waals surface area contributed by atoms with Gasteiger partial charge in [0.2, 0.25) is 0 Å². The fraction of sp³-hybridized carbons (Fsp3) is 0.647. The molecule has 112 valence electrons. The van der Waals surface area contributed by atoms with E-state index in [-0.39, 0.29) is 0 Å². The zero-order valence-electron chi connectivity index (χ0n) is 12.3. The van der Waals surface area contributed by atoms with E-state index in [2.05, 4.69) is 52.4 Å². The molecule has 0 bridgehead atoms. The highest BCUT2D eigenvalue weighted by Gasteiger charge is 2.30. The van der Waals surface area contributed by atoms with Crippen LogP contribution in [0.3, 0.4) is 0 Å². The summed E-state index contributed by atoms with van der Waals surface area (Å²) >= 11 is 3.54. The van der Waals surface area contributed by atoms with Gasteiger partial charge in [0.15, 0.2) is 0 Å². The summed E-state index contributed by atoms with van der Waals surface area (Å²) in [6, 6.07) is 9.35. The summed E-state index contributed by atoms with van der Waals surface area (Å²) < 4.78 is 1.18. The van der Waals surface area contributed by atoms with E-state index in [9.17, 15) is 0 Å². The second kappa shape index (κ2) is 8.16. The van der Waals surface area contributed by atoms with E-state index in [0.29, 0.717) is 24.5 Å². The van der Waals surface area contributed by atoms with Crippen molar-refractivity contribution in [1.82, 2.24) is 5.32 Å². The highest BCUT2D eigenvalue weighted by molar-refractivity contribution is 9.10. The molecule has 1 unspecified atom stereocenters. The Morgan fingerprint density at radius 3 is 2.80 bits per heavy atom. The zero-order chi connectivity index (χ0) is 14.4. The van der Waals surface area contributed by atoms with Crippen molar-refractivity contribution in [3.05, 3.63) is 34.3 Å². The summed E-state index contributed by atoms with van der Waals surface area (Å²) in [6.07, 6.45) is 5.85. The van der Waals surface area contributed by atoms with Gasteiger partial charge in [-0.3, -0.25) is 0 Å². The minimum absolute atomic E-state index is 0.317. The SMILES string of the molecule is CCCC(CCO)CNC1CC(c2cccc(Br)c2)C1. The molecule has 0 saturated heterocycles. The lowest BCUT2D eigenvalue weighted by molar-refractivity contribution is 0.228. The van der Waals surface area contributed by atoms with Crippen molar-refractivity contribution in [3.8, 4) is 0 Å². The van der Waals surface area contributed by atoms with Crippen LogP contribution in [0.2, 0.25) is 0 Å². The fourth-order valence-electron chi connectivity index (χ4n) is 3.09. The van der Waals surface area contributed by atoms with E-state index >= 15 is 0 Å². The summed E-state index contributed by atoms with van der Waals surface area (Å²) in [7, 11) is 0. The maximum Gasteiger partial charge on any atom is 0.0434 e. The molecule has 2 nitrogen and oxygen atoms in total. The average Bonchev–Trinajstić information content (AvgIpc) is 2.37. The van der Waals surface area contributed by atoms with Gasteiger partial charge in [-0.15, -0.1) is 0 Å². The first-order chi connectivity index (χ1) is 9.72. The second-order valence-corrected chi connectivity index (χ2v) is 6.91. The van der Waals surface area contributed by atoms with Gasteiger partial charge in [0.05, 0.1) is 0 Å². The van der Waals surface area contributed by atoms with Crippen LogP contribution in [0.1, 0.15) is 50.5 Å². The second-order valence-electron chi connectivity index (χ2n) is 6.00. The Morgan fingerprint density at radius 1 is 1.35 bits per heavy atom. The van der Waals surface area contributed by atoms with Crippen molar-refractivity contribution < 1.29 is 5.11 Å². The van der Waals surface area contributed by atoms with Crippen LogP contribution in [-0.2, 0) is 0 Å². The third kappa shape index (κ3) is 4.57. The third-order valence-corrected chi connectivity index (χ3v) is 4.88. The quantitative estimate of drug-likeness (QED) is 0.747. The summed E-state index contributed by atoms with van der Waals surface area (Å²) in [5, 5.41) is 12.8. The van der Waals surface area contributed by atoms with Crippen molar-refractivity contribution in [1.29, 1.82) is 0 Å². The van der Waals surface area contributed by atoms with E-state index < -0.39 is 0 Å². The van der Waals surface area contributed by atoms with Crippen molar-refractivity contribution in [2.24, 2.45) is 5.92 Å². The molecular weight excluding hydrogens is 314 g/mol. The van der Waals surface area contributed by atoms with Gasteiger partial charge in [-0.2, -0.15) is 0 Å². The molecule has 1 atom stereocenters. The lowest BCUT2D eigenvalue weighted by Crippen LogP contribution is -2.42. The molecule has 1 fully saturated rings. The van der Waals surface area contributed by atoms with Crippen LogP contribution in [0.5, 0.6) is 0 Å². The first-order valence-electron chi connectivity index (χ1n) is 7.82. The van der Waals surface area contributed by atoms with Gasteiger partial charge < -0.3 is 10.4 Å². The number of nitrogens with one attached hydrogen (secondary N) is 1. The smallest absolute Gasteiger partial charge is 0.0434 e. The standard InChI is InChI=1S/C17H26BrNO/c1-2-4-13(7-8-20)12-19-17-10-15(11-17)14-5-3-6-16(18)9-14/h3,5-6,9,13,15,17,19-20H,2,4,7-8,10-12H2,1H3. The number of halogens is 1. The van der Waals surface area contributed by atoms with Gasteiger partial charge in [0, 0.05) is 17.1 Å². The van der Waals surface area contributed by atoms with Crippen LogP contribution in [0, 0.1) is 5.92 Å².